The van der Waals surface area contributed by atoms with Gasteiger partial charge in [-0.2, -0.15) is 0 Å². The van der Waals surface area contributed by atoms with Crippen molar-refractivity contribution in [1.82, 2.24) is 25.2 Å². The fourth-order valence-corrected chi connectivity index (χ4v) is 3.40. The van der Waals surface area contributed by atoms with Gasteiger partial charge in [0.05, 0.1) is 32.0 Å². The molecule has 1 aliphatic rings. The van der Waals surface area contributed by atoms with Gasteiger partial charge in [0.25, 0.3) is 0 Å². The molecule has 1 aromatic carbocycles. The first-order valence-corrected chi connectivity index (χ1v) is 10.2. The first kappa shape index (κ1) is 20.1. The molecule has 0 amide bonds. The molecule has 2 N–H and O–H groups in total. The van der Waals surface area contributed by atoms with Crippen molar-refractivity contribution in [2.75, 3.05) is 37.7 Å². The van der Waals surface area contributed by atoms with Crippen molar-refractivity contribution < 1.29 is 9.13 Å². The number of aromatic nitrogens is 3. The highest BCUT2D eigenvalue weighted by Crippen LogP contribution is 2.22. The summed E-state index contributed by atoms with van der Waals surface area (Å²) in [5.74, 6) is 1.21. The molecule has 9 heteroatoms. The Morgan fingerprint density at radius 3 is 2.83 bits per heavy atom. The molecular formula is C21H26FN7O. The van der Waals surface area contributed by atoms with E-state index in [1.54, 1.807) is 6.07 Å². The summed E-state index contributed by atoms with van der Waals surface area (Å²) in [6, 6.07) is 11.1. The zero-order valence-electron chi connectivity index (χ0n) is 17.0. The van der Waals surface area contributed by atoms with E-state index in [1.807, 2.05) is 52.8 Å². The van der Waals surface area contributed by atoms with Gasteiger partial charge in [-0.05, 0) is 36.8 Å². The number of nitrogens with zero attached hydrogens (tertiary/aromatic N) is 5. The SMILES string of the molecule is CCNC(=NCc1ccc(N2CCOCC2)c(F)c1)NCc1nnc2ccccn12. The summed E-state index contributed by atoms with van der Waals surface area (Å²) in [6.45, 7) is 6.24. The van der Waals surface area contributed by atoms with Crippen molar-refractivity contribution in [3.05, 3.63) is 59.8 Å². The lowest BCUT2D eigenvalue weighted by molar-refractivity contribution is 0.122. The first-order valence-electron chi connectivity index (χ1n) is 10.2. The molecule has 2 aromatic heterocycles. The van der Waals surface area contributed by atoms with Crippen LogP contribution >= 0.6 is 0 Å². The monoisotopic (exact) mass is 411 g/mol. The van der Waals surface area contributed by atoms with Crippen LogP contribution in [0.1, 0.15) is 18.3 Å². The standard InChI is InChI=1S/C21H26FN7O/c1-2-23-21(25-15-20-27-26-19-5-3-4-8-29(19)20)24-14-16-6-7-18(17(22)13-16)28-9-11-30-12-10-28/h3-8,13H,2,9-12,14-15H2,1H3,(H2,23,24,25). The zero-order chi connectivity index (χ0) is 20.8. The Morgan fingerprint density at radius 2 is 2.03 bits per heavy atom. The van der Waals surface area contributed by atoms with Crippen molar-refractivity contribution in [1.29, 1.82) is 0 Å². The summed E-state index contributed by atoms with van der Waals surface area (Å²) in [5, 5.41) is 14.8. The number of pyridine rings is 1. The van der Waals surface area contributed by atoms with Gasteiger partial charge in [-0.15, -0.1) is 10.2 Å². The molecule has 3 heterocycles. The van der Waals surface area contributed by atoms with Gasteiger partial charge < -0.3 is 20.3 Å². The van der Waals surface area contributed by atoms with Crippen LogP contribution < -0.4 is 15.5 Å². The molecule has 1 fully saturated rings. The second kappa shape index (κ2) is 9.53. The maximum absolute atomic E-state index is 14.6. The van der Waals surface area contributed by atoms with E-state index in [4.69, 9.17) is 4.74 Å². The van der Waals surface area contributed by atoms with Crippen LogP contribution in [0.2, 0.25) is 0 Å². The van der Waals surface area contributed by atoms with Crippen LogP contribution in [0.4, 0.5) is 10.1 Å². The molecule has 0 bridgehead atoms. The number of fused-ring (bicyclic) bond motifs is 1. The number of halogens is 1. The van der Waals surface area contributed by atoms with E-state index in [1.165, 1.54) is 0 Å². The molecule has 0 saturated carbocycles. The maximum Gasteiger partial charge on any atom is 0.191 e. The lowest BCUT2D eigenvalue weighted by Gasteiger charge is -2.29. The van der Waals surface area contributed by atoms with Gasteiger partial charge in [-0.25, -0.2) is 9.38 Å². The van der Waals surface area contributed by atoms with Crippen LogP contribution in [0.15, 0.2) is 47.6 Å². The van der Waals surface area contributed by atoms with Crippen molar-refractivity contribution in [2.45, 2.75) is 20.0 Å². The Kier molecular flexibility index (Phi) is 6.38. The van der Waals surface area contributed by atoms with Crippen molar-refractivity contribution >= 4 is 17.3 Å². The van der Waals surface area contributed by atoms with Crippen LogP contribution in [0.3, 0.4) is 0 Å². The number of nitrogens with one attached hydrogen (secondary N) is 2. The van der Waals surface area contributed by atoms with Gasteiger partial charge in [0.2, 0.25) is 0 Å². The molecule has 1 aliphatic heterocycles. The molecule has 4 rings (SSSR count). The fourth-order valence-electron chi connectivity index (χ4n) is 3.40. The van der Waals surface area contributed by atoms with Gasteiger partial charge in [-0.3, -0.25) is 4.40 Å². The van der Waals surface area contributed by atoms with Crippen molar-refractivity contribution in [2.24, 2.45) is 4.99 Å². The molecule has 8 nitrogen and oxygen atoms in total. The topological polar surface area (TPSA) is 79.1 Å². The molecule has 158 valence electrons. The first-order chi connectivity index (χ1) is 14.7. The van der Waals surface area contributed by atoms with Gasteiger partial charge in [-0.1, -0.05) is 12.1 Å². The summed E-state index contributed by atoms with van der Waals surface area (Å²) in [4.78, 5) is 6.60. The third-order valence-corrected chi connectivity index (χ3v) is 4.93. The van der Waals surface area contributed by atoms with E-state index in [0.717, 1.165) is 23.6 Å². The molecule has 0 unspecified atom stereocenters. The van der Waals surface area contributed by atoms with Crippen molar-refractivity contribution in [3.8, 4) is 0 Å². The third kappa shape index (κ3) is 4.68. The van der Waals surface area contributed by atoms with Crippen LogP contribution in [-0.2, 0) is 17.8 Å². The minimum Gasteiger partial charge on any atom is -0.378 e. The average molecular weight is 411 g/mol. The number of benzene rings is 1. The fraction of sp³-hybridized carbons (Fsp3) is 0.381. The summed E-state index contributed by atoms with van der Waals surface area (Å²) < 4.78 is 21.9. The number of hydrogen-bond acceptors (Lipinski definition) is 5. The van der Waals surface area contributed by atoms with Crippen LogP contribution in [0, 0.1) is 5.82 Å². The number of aliphatic imine (C=N–C) groups is 1. The van der Waals surface area contributed by atoms with Crippen LogP contribution in [0.25, 0.3) is 5.65 Å². The Bertz CT molecular complexity index is 1010. The lowest BCUT2D eigenvalue weighted by Crippen LogP contribution is -2.37. The third-order valence-electron chi connectivity index (χ3n) is 4.93. The van der Waals surface area contributed by atoms with Gasteiger partial charge in [0, 0.05) is 25.8 Å². The van der Waals surface area contributed by atoms with Gasteiger partial charge in [0.1, 0.15) is 5.82 Å². The molecule has 0 aliphatic carbocycles. The van der Waals surface area contributed by atoms with E-state index in [9.17, 15) is 4.39 Å². The van der Waals surface area contributed by atoms with Crippen LogP contribution in [-0.4, -0.2) is 53.4 Å². The average Bonchev–Trinajstić information content (AvgIpc) is 3.19. The van der Waals surface area contributed by atoms with E-state index in [0.29, 0.717) is 51.0 Å². The number of guanidine groups is 1. The number of rotatable bonds is 6. The van der Waals surface area contributed by atoms with E-state index in [-0.39, 0.29) is 5.82 Å². The van der Waals surface area contributed by atoms with Gasteiger partial charge >= 0.3 is 0 Å². The smallest absolute Gasteiger partial charge is 0.191 e. The van der Waals surface area contributed by atoms with E-state index >= 15 is 0 Å². The summed E-state index contributed by atoms with van der Waals surface area (Å²) in [5.41, 5.74) is 2.23. The number of hydrogen-bond donors (Lipinski definition) is 2. The molecule has 0 radical (unpaired) electrons. The molecular weight excluding hydrogens is 385 g/mol. The Morgan fingerprint density at radius 1 is 1.17 bits per heavy atom. The second-order valence-corrected chi connectivity index (χ2v) is 6.98. The van der Waals surface area contributed by atoms with E-state index in [2.05, 4.69) is 25.8 Å². The predicted octanol–water partition coefficient (Wildman–Crippen LogP) is 1.96. The number of morpholine rings is 1. The van der Waals surface area contributed by atoms with Gasteiger partial charge in [0.15, 0.2) is 17.4 Å². The predicted molar refractivity (Wildman–Crippen MR) is 114 cm³/mol. The molecule has 30 heavy (non-hydrogen) atoms. The minimum atomic E-state index is -0.225. The number of ether oxygens (including phenoxy) is 1. The molecule has 0 spiro atoms. The Hall–Kier alpha value is -3.20. The zero-order valence-corrected chi connectivity index (χ0v) is 17.0. The van der Waals surface area contributed by atoms with E-state index < -0.39 is 0 Å². The highest BCUT2D eigenvalue weighted by molar-refractivity contribution is 5.79. The summed E-state index contributed by atoms with van der Waals surface area (Å²) in [6.07, 6.45) is 1.93. The Balaban J connectivity index is 1.41. The maximum atomic E-state index is 14.6. The summed E-state index contributed by atoms with van der Waals surface area (Å²) >= 11 is 0. The normalized spacial score (nSPS) is 14.9. The number of anilines is 1. The highest BCUT2D eigenvalue weighted by Gasteiger charge is 2.15. The quantitative estimate of drug-likeness (QED) is 0.477. The molecule has 0 atom stereocenters. The van der Waals surface area contributed by atoms with Crippen LogP contribution in [0.5, 0.6) is 0 Å². The second-order valence-electron chi connectivity index (χ2n) is 6.98. The lowest BCUT2D eigenvalue weighted by atomic mass is 10.1. The largest absolute Gasteiger partial charge is 0.378 e. The summed E-state index contributed by atoms with van der Waals surface area (Å²) in [7, 11) is 0. The Labute approximate surface area is 174 Å². The highest BCUT2D eigenvalue weighted by atomic mass is 19.1. The molecule has 1 saturated heterocycles. The van der Waals surface area contributed by atoms with Crippen molar-refractivity contribution in [3.63, 3.8) is 0 Å². The minimum absolute atomic E-state index is 0.225. The molecule has 3 aromatic rings.